The van der Waals surface area contributed by atoms with Gasteiger partial charge in [0.05, 0.1) is 29.7 Å². The number of fused-ring (bicyclic) bond motifs is 1. The van der Waals surface area contributed by atoms with Crippen LogP contribution < -0.4 is 10.1 Å². The third kappa shape index (κ3) is 6.46. The standard InChI is InChI=1S/C26H33N7O6S/c1-17-5-8-21(9-6-17)40(37,38)31(4)13-24-18(2)12-33(19(3)15-34)26(36)22-11-20(7-10-23(22)39-24)28-25(35)14-32-16-27-29-30-32/h5-11,16,18-19,24,34H,12-15H2,1-4H3,(H,28,35)/t18-,19-,24-/m0/s1. The molecule has 3 atom stereocenters. The maximum absolute atomic E-state index is 13.6. The minimum absolute atomic E-state index is 0.0246. The van der Waals surface area contributed by atoms with Gasteiger partial charge in [0.1, 0.15) is 24.7 Å². The Morgan fingerprint density at radius 2 is 1.98 bits per heavy atom. The van der Waals surface area contributed by atoms with Gasteiger partial charge in [-0.25, -0.2) is 13.1 Å². The van der Waals surface area contributed by atoms with Gasteiger partial charge in [-0.3, -0.25) is 9.59 Å². The van der Waals surface area contributed by atoms with Gasteiger partial charge in [0.15, 0.2) is 0 Å². The van der Waals surface area contributed by atoms with Gasteiger partial charge in [0.2, 0.25) is 15.9 Å². The van der Waals surface area contributed by atoms with Crippen LogP contribution in [0.3, 0.4) is 0 Å². The smallest absolute Gasteiger partial charge is 0.258 e. The van der Waals surface area contributed by atoms with Crippen LogP contribution in [-0.2, 0) is 21.4 Å². The molecule has 0 saturated carbocycles. The van der Waals surface area contributed by atoms with E-state index in [-0.39, 0.29) is 54.3 Å². The van der Waals surface area contributed by atoms with Crippen molar-refractivity contribution in [3.63, 3.8) is 0 Å². The van der Waals surface area contributed by atoms with E-state index in [0.29, 0.717) is 5.69 Å². The maximum Gasteiger partial charge on any atom is 0.258 e. The van der Waals surface area contributed by atoms with E-state index in [9.17, 15) is 23.1 Å². The van der Waals surface area contributed by atoms with Crippen LogP contribution in [0.1, 0.15) is 29.8 Å². The molecule has 1 aliphatic rings. The van der Waals surface area contributed by atoms with E-state index in [2.05, 4.69) is 20.8 Å². The molecule has 0 bridgehead atoms. The summed E-state index contributed by atoms with van der Waals surface area (Å²) in [6.45, 7) is 5.35. The fourth-order valence-electron chi connectivity index (χ4n) is 4.36. The van der Waals surface area contributed by atoms with E-state index in [1.54, 1.807) is 48.2 Å². The molecule has 1 aromatic heterocycles. The number of rotatable bonds is 9. The first-order valence-electron chi connectivity index (χ1n) is 12.8. The lowest BCUT2D eigenvalue weighted by molar-refractivity contribution is -0.116. The van der Waals surface area contributed by atoms with Gasteiger partial charge in [-0.05, 0) is 54.6 Å². The van der Waals surface area contributed by atoms with Crippen molar-refractivity contribution < 1.29 is 27.9 Å². The monoisotopic (exact) mass is 571 g/mol. The third-order valence-corrected chi connectivity index (χ3v) is 8.65. The summed E-state index contributed by atoms with van der Waals surface area (Å²) < 4.78 is 35.3. The van der Waals surface area contributed by atoms with Crippen molar-refractivity contribution in [2.24, 2.45) is 5.92 Å². The molecule has 1 aliphatic heterocycles. The van der Waals surface area contributed by atoms with Crippen LogP contribution in [0, 0.1) is 12.8 Å². The van der Waals surface area contributed by atoms with E-state index in [4.69, 9.17) is 4.74 Å². The molecule has 0 unspecified atom stereocenters. The molecule has 2 aromatic carbocycles. The highest BCUT2D eigenvalue weighted by molar-refractivity contribution is 7.89. The summed E-state index contributed by atoms with van der Waals surface area (Å²) >= 11 is 0. The topological polar surface area (TPSA) is 160 Å². The number of aromatic nitrogens is 4. The number of hydrogen-bond acceptors (Lipinski definition) is 9. The average Bonchev–Trinajstić information content (AvgIpc) is 3.43. The Morgan fingerprint density at radius 1 is 1.25 bits per heavy atom. The number of tetrazole rings is 1. The van der Waals surface area contributed by atoms with Gasteiger partial charge in [-0.1, -0.05) is 24.6 Å². The predicted octanol–water partition coefficient (Wildman–Crippen LogP) is 1.16. The molecule has 40 heavy (non-hydrogen) atoms. The highest BCUT2D eigenvalue weighted by Crippen LogP contribution is 2.31. The fraction of sp³-hybridized carbons (Fsp3) is 0.423. The Hall–Kier alpha value is -3.88. The zero-order valence-corrected chi connectivity index (χ0v) is 23.6. The van der Waals surface area contributed by atoms with E-state index in [0.717, 1.165) is 5.56 Å². The number of nitrogens with zero attached hydrogens (tertiary/aromatic N) is 6. The molecule has 0 saturated heterocycles. The minimum Gasteiger partial charge on any atom is -0.488 e. The number of anilines is 1. The Bertz CT molecular complexity index is 1450. The average molecular weight is 572 g/mol. The second-order valence-electron chi connectivity index (χ2n) is 9.99. The first-order valence-corrected chi connectivity index (χ1v) is 14.2. The molecular weight excluding hydrogens is 538 g/mol. The number of aliphatic hydroxyl groups excluding tert-OH is 1. The van der Waals surface area contributed by atoms with E-state index in [1.165, 1.54) is 28.4 Å². The summed E-state index contributed by atoms with van der Waals surface area (Å²) in [7, 11) is -2.30. The molecule has 0 fully saturated rings. The number of carbonyl (C=O) groups excluding carboxylic acids is 2. The van der Waals surface area contributed by atoms with Gasteiger partial charge in [-0.2, -0.15) is 4.31 Å². The molecule has 2 heterocycles. The third-order valence-electron chi connectivity index (χ3n) is 6.81. The van der Waals surface area contributed by atoms with Crippen LogP contribution >= 0.6 is 0 Å². The minimum atomic E-state index is -3.79. The van der Waals surface area contributed by atoms with Crippen molar-refractivity contribution in [1.82, 2.24) is 29.4 Å². The fourth-order valence-corrected chi connectivity index (χ4v) is 5.54. The number of amides is 2. The Balaban J connectivity index is 1.62. The number of carbonyl (C=O) groups is 2. The number of hydrogen-bond donors (Lipinski definition) is 2. The summed E-state index contributed by atoms with van der Waals surface area (Å²) in [6.07, 6.45) is 0.689. The van der Waals surface area contributed by atoms with Crippen LogP contribution in [0.15, 0.2) is 53.7 Å². The highest BCUT2D eigenvalue weighted by atomic mass is 32.2. The van der Waals surface area contributed by atoms with Crippen LogP contribution in [0.25, 0.3) is 0 Å². The van der Waals surface area contributed by atoms with Crippen molar-refractivity contribution >= 4 is 27.5 Å². The van der Waals surface area contributed by atoms with E-state index in [1.807, 2.05) is 13.8 Å². The number of benzene rings is 2. The molecule has 214 valence electrons. The second-order valence-corrected chi connectivity index (χ2v) is 12.0. The number of likely N-dealkylation sites (N-methyl/N-ethyl adjacent to an activating group) is 1. The quantitative estimate of drug-likeness (QED) is 0.384. The lowest BCUT2D eigenvalue weighted by atomic mass is 9.99. The van der Waals surface area contributed by atoms with Gasteiger partial charge in [-0.15, -0.1) is 5.10 Å². The molecule has 0 radical (unpaired) electrons. The first-order chi connectivity index (χ1) is 19.0. The molecule has 2 N–H and O–H groups in total. The highest BCUT2D eigenvalue weighted by Gasteiger charge is 2.35. The Kier molecular flexibility index (Phi) is 8.81. The van der Waals surface area contributed by atoms with Crippen molar-refractivity contribution in [2.75, 3.05) is 32.1 Å². The summed E-state index contributed by atoms with van der Waals surface area (Å²) in [5.41, 5.74) is 1.49. The van der Waals surface area contributed by atoms with Gasteiger partial charge >= 0.3 is 0 Å². The molecule has 2 amide bonds. The lowest BCUT2D eigenvalue weighted by Crippen LogP contribution is -2.50. The SMILES string of the molecule is Cc1ccc(S(=O)(=O)N(C)C[C@@H]2Oc3ccc(NC(=O)Cn4cnnn4)cc3C(=O)N([C@@H](C)CO)C[C@@H]2C)cc1. The maximum atomic E-state index is 13.6. The number of aryl methyl sites for hydroxylation is 1. The molecular formula is C26H33N7O6S. The molecule has 4 rings (SSSR count). The zero-order chi connectivity index (χ0) is 29.0. The normalized spacial score (nSPS) is 18.4. The number of nitrogens with one attached hydrogen (secondary N) is 1. The van der Waals surface area contributed by atoms with E-state index >= 15 is 0 Å². The summed E-state index contributed by atoms with van der Waals surface area (Å²) in [5, 5.41) is 23.2. The molecule has 14 heteroatoms. The second kappa shape index (κ2) is 12.1. The Labute approximate surface area is 232 Å². The van der Waals surface area contributed by atoms with Gasteiger partial charge in [0, 0.05) is 25.2 Å². The summed E-state index contributed by atoms with van der Waals surface area (Å²) in [6, 6.07) is 10.8. The van der Waals surface area contributed by atoms with Gasteiger partial charge in [0.25, 0.3) is 5.91 Å². The zero-order valence-electron chi connectivity index (χ0n) is 22.8. The van der Waals surface area contributed by atoms with Crippen LogP contribution in [0.5, 0.6) is 5.75 Å². The molecule has 0 spiro atoms. The van der Waals surface area contributed by atoms with Crippen molar-refractivity contribution in [3.05, 3.63) is 59.9 Å². The molecule has 13 nitrogen and oxygen atoms in total. The van der Waals surface area contributed by atoms with Crippen LogP contribution in [0.4, 0.5) is 5.69 Å². The number of ether oxygens (including phenoxy) is 1. The largest absolute Gasteiger partial charge is 0.488 e. The molecule has 0 aliphatic carbocycles. The summed E-state index contributed by atoms with van der Waals surface area (Å²) in [5.74, 6) is -0.811. The van der Waals surface area contributed by atoms with Crippen molar-refractivity contribution in [3.8, 4) is 5.75 Å². The van der Waals surface area contributed by atoms with Crippen LogP contribution in [-0.4, -0.2) is 93.6 Å². The predicted molar refractivity (Wildman–Crippen MR) is 145 cm³/mol. The molecule has 3 aromatic rings. The van der Waals surface area contributed by atoms with Crippen molar-refractivity contribution in [2.45, 2.75) is 44.4 Å². The Morgan fingerprint density at radius 3 is 2.62 bits per heavy atom. The van der Waals surface area contributed by atoms with Crippen LogP contribution in [0.2, 0.25) is 0 Å². The number of aliphatic hydroxyl groups is 1. The van der Waals surface area contributed by atoms with Gasteiger partial charge < -0.3 is 20.1 Å². The van der Waals surface area contributed by atoms with Crippen molar-refractivity contribution in [1.29, 1.82) is 0 Å². The van der Waals surface area contributed by atoms with E-state index < -0.39 is 28.1 Å². The summed E-state index contributed by atoms with van der Waals surface area (Å²) in [4.78, 5) is 27.8. The lowest BCUT2D eigenvalue weighted by Gasteiger charge is -2.38. The first kappa shape index (κ1) is 29.1. The number of sulfonamides is 1.